The fraction of sp³-hybridized carbons (Fsp3) is 0. The number of hydrogen-bond donors (Lipinski definition) is 0. The first-order valence-electron chi connectivity index (χ1n) is 23.6. The van der Waals surface area contributed by atoms with Crippen LogP contribution in [0.2, 0.25) is 0 Å². The lowest BCUT2D eigenvalue weighted by Crippen LogP contribution is -2.06. The van der Waals surface area contributed by atoms with E-state index < -0.39 is 125 Å². The summed E-state index contributed by atoms with van der Waals surface area (Å²) < 4.78 is 154. The molecule has 0 aliphatic rings. The highest BCUT2D eigenvalue weighted by molar-refractivity contribution is 6.23. The maximum absolute atomic E-state index is 9.32. The third kappa shape index (κ3) is 4.20. The van der Waals surface area contributed by atoms with Crippen molar-refractivity contribution in [1.29, 1.82) is 0 Å². The largest absolute Gasteiger partial charge is 0.455 e. The predicted molar refractivity (Wildman–Crippen MR) is 205 cm³/mol. The third-order valence-corrected chi connectivity index (χ3v) is 8.76. The quantitative estimate of drug-likeness (QED) is 0.186. The van der Waals surface area contributed by atoms with E-state index in [1.807, 2.05) is 48.5 Å². The summed E-state index contributed by atoms with van der Waals surface area (Å²) in [5.41, 5.74) is -0.550. The molecule has 6 heteroatoms. The van der Waals surface area contributed by atoms with Crippen LogP contribution in [0.15, 0.2) is 166 Å². The zero-order valence-electron chi connectivity index (χ0n) is 41.9. The lowest BCUT2D eigenvalue weighted by Gasteiger charge is -2.11. The number of para-hydroxylation sites is 4. The van der Waals surface area contributed by atoms with Gasteiger partial charge in [0.15, 0.2) is 11.6 Å². The van der Waals surface area contributed by atoms with Crippen LogP contribution >= 0.6 is 0 Å². The number of fused-ring (bicyclic) bond motifs is 10. The van der Waals surface area contributed by atoms with E-state index in [-0.39, 0.29) is 33.5 Å². The SMILES string of the molecule is [2H]c1c([2H])c([2H])c(-c2c([2H])c([2H])c(-c3nc(-c4c([2H])c([2H])c([2H])c5c4oc4c([2H])c([2H])c([2H])c([2H])c45)nc(-n4c5ccccc5c5c6oc7ccccc7c6ccc54)n3)c([2H])c2[2H])c([2H])c1[2H]. The van der Waals surface area contributed by atoms with Gasteiger partial charge in [0.05, 0.1) is 43.9 Å². The van der Waals surface area contributed by atoms with Crippen LogP contribution in [0, 0.1) is 0 Å². The Morgan fingerprint density at radius 2 is 1.16 bits per heavy atom. The topological polar surface area (TPSA) is 69.9 Å². The Balaban J connectivity index is 1.28. The normalized spacial score (nSPS) is 16.3. The van der Waals surface area contributed by atoms with Crippen molar-refractivity contribution in [3.8, 4) is 39.9 Å². The first-order valence-corrected chi connectivity index (χ1v) is 15.6. The second-order valence-corrected chi connectivity index (χ2v) is 11.6. The van der Waals surface area contributed by atoms with Crippen molar-refractivity contribution in [2.45, 2.75) is 0 Å². The molecule has 51 heavy (non-hydrogen) atoms. The summed E-state index contributed by atoms with van der Waals surface area (Å²) >= 11 is 0. The minimum atomic E-state index is -0.793. The summed E-state index contributed by atoms with van der Waals surface area (Å²) in [6.07, 6.45) is 0. The van der Waals surface area contributed by atoms with Crippen molar-refractivity contribution in [3.63, 3.8) is 0 Å². The Bertz CT molecular complexity index is 4030. The summed E-state index contributed by atoms with van der Waals surface area (Å²) in [6, 6.07) is 7.25. The van der Waals surface area contributed by atoms with Crippen LogP contribution in [0.4, 0.5) is 0 Å². The molecule has 11 aromatic rings. The first-order chi connectivity index (χ1) is 31.9. The van der Waals surface area contributed by atoms with E-state index >= 15 is 0 Å². The van der Waals surface area contributed by atoms with Crippen LogP contribution in [0.5, 0.6) is 0 Å². The van der Waals surface area contributed by atoms with Crippen molar-refractivity contribution in [3.05, 3.63) is 157 Å². The number of nitrogens with zero attached hydrogens (tertiary/aromatic N) is 4. The first kappa shape index (κ1) is 16.6. The maximum atomic E-state index is 9.32. The van der Waals surface area contributed by atoms with E-state index in [4.69, 9.17) is 36.6 Å². The highest BCUT2D eigenvalue weighted by Gasteiger charge is 2.22. The Hall–Kier alpha value is -7.05. The van der Waals surface area contributed by atoms with Crippen molar-refractivity contribution in [2.24, 2.45) is 0 Å². The van der Waals surface area contributed by atoms with E-state index in [9.17, 15) is 4.11 Å². The van der Waals surface area contributed by atoms with E-state index in [0.29, 0.717) is 33.0 Å². The van der Waals surface area contributed by atoms with Gasteiger partial charge in [-0.25, -0.2) is 4.98 Å². The monoisotopic (exact) mass is 670 g/mol. The number of aromatic nitrogens is 4. The molecule has 4 aromatic heterocycles. The molecule has 0 bridgehead atoms. The van der Waals surface area contributed by atoms with Crippen molar-refractivity contribution >= 4 is 65.7 Å². The summed E-state index contributed by atoms with van der Waals surface area (Å²) in [7, 11) is 0. The van der Waals surface area contributed by atoms with Crippen molar-refractivity contribution in [1.82, 2.24) is 19.5 Å². The molecule has 7 aromatic carbocycles. The second kappa shape index (κ2) is 10.7. The Morgan fingerprint density at radius 3 is 2.06 bits per heavy atom. The average molecular weight is 671 g/mol. The molecule has 0 saturated heterocycles. The fourth-order valence-electron chi connectivity index (χ4n) is 6.55. The fourth-order valence-corrected chi connectivity index (χ4v) is 6.55. The molecular weight excluding hydrogens is 629 g/mol. The third-order valence-electron chi connectivity index (χ3n) is 8.76. The maximum Gasteiger partial charge on any atom is 0.238 e. The Morgan fingerprint density at radius 1 is 0.451 bits per heavy atom. The number of furan rings is 2. The van der Waals surface area contributed by atoms with Crippen molar-refractivity contribution < 1.29 is 30.8 Å². The van der Waals surface area contributed by atoms with Gasteiger partial charge in [-0.15, -0.1) is 0 Å². The van der Waals surface area contributed by atoms with E-state index in [1.54, 1.807) is 16.7 Å². The zero-order chi connectivity index (χ0) is 47.4. The average Bonchev–Trinajstić information content (AvgIpc) is 4.01. The standard InChI is InChI=1S/C45H26N4O2/c1-2-11-27(12-3-1)28-21-23-29(24-22-28)43-46-44(35-17-10-16-32-30-13-5-8-19-38(30)50-41(32)35)48-45(47-43)49-36-18-7-4-15-34(36)40-37(49)26-25-33-31-14-6-9-20-39(31)51-42(33)40/h1-26H/i1D,2D,3D,5D,8D,10D,11D,12D,13D,16D,17D,19D,21D,22D,23D,24D. The zero-order valence-corrected chi connectivity index (χ0v) is 25.9. The van der Waals surface area contributed by atoms with Crippen LogP contribution < -0.4 is 0 Å². The Kier molecular flexibility index (Phi) is 3.48. The molecule has 0 unspecified atom stereocenters. The second-order valence-electron chi connectivity index (χ2n) is 11.6. The van der Waals surface area contributed by atoms with Gasteiger partial charge < -0.3 is 8.83 Å². The molecule has 0 saturated carbocycles. The highest BCUT2D eigenvalue weighted by atomic mass is 16.3. The molecule has 4 heterocycles. The van der Waals surface area contributed by atoms with E-state index in [1.165, 1.54) is 0 Å². The number of benzene rings is 7. The van der Waals surface area contributed by atoms with Gasteiger partial charge in [0, 0.05) is 32.5 Å². The molecule has 238 valence electrons. The molecule has 0 aliphatic heterocycles. The van der Waals surface area contributed by atoms with E-state index in [0.717, 1.165) is 10.8 Å². The molecule has 11 rings (SSSR count). The van der Waals surface area contributed by atoms with Crippen molar-refractivity contribution in [2.75, 3.05) is 0 Å². The van der Waals surface area contributed by atoms with Crippen LogP contribution in [-0.2, 0) is 0 Å². The lowest BCUT2D eigenvalue weighted by atomic mass is 10.0. The van der Waals surface area contributed by atoms with Gasteiger partial charge in [0.25, 0.3) is 0 Å². The summed E-state index contributed by atoms with van der Waals surface area (Å²) in [5, 5.41) is 2.54. The Labute approximate surface area is 313 Å². The molecular formula is C45H26N4O2. The molecule has 0 fully saturated rings. The molecule has 0 N–H and O–H groups in total. The molecule has 0 aliphatic carbocycles. The summed E-state index contributed by atoms with van der Waals surface area (Å²) in [5.74, 6) is -1.16. The van der Waals surface area contributed by atoms with Crippen LogP contribution in [-0.4, -0.2) is 19.5 Å². The summed E-state index contributed by atoms with van der Waals surface area (Å²) in [6.45, 7) is 0. The van der Waals surface area contributed by atoms with Gasteiger partial charge in [0.1, 0.15) is 22.3 Å². The highest BCUT2D eigenvalue weighted by Crippen LogP contribution is 2.41. The minimum absolute atomic E-state index is 0.206. The molecule has 0 radical (unpaired) electrons. The van der Waals surface area contributed by atoms with Gasteiger partial charge in [-0.3, -0.25) is 4.57 Å². The number of hydrogen-bond acceptors (Lipinski definition) is 5. The molecule has 0 amide bonds. The van der Waals surface area contributed by atoms with Gasteiger partial charge in [-0.2, -0.15) is 9.97 Å². The van der Waals surface area contributed by atoms with Crippen LogP contribution in [0.25, 0.3) is 106 Å². The summed E-state index contributed by atoms with van der Waals surface area (Å²) in [4.78, 5) is 14.2. The smallest absolute Gasteiger partial charge is 0.238 e. The number of rotatable bonds is 4. The lowest BCUT2D eigenvalue weighted by molar-refractivity contribution is 0.669. The van der Waals surface area contributed by atoms with Gasteiger partial charge in [-0.05, 0) is 47.5 Å². The minimum Gasteiger partial charge on any atom is -0.455 e. The molecule has 0 atom stereocenters. The predicted octanol–water partition coefficient (Wildman–Crippen LogP) is 11.8. The van der Waals surface area contributed by atoms with Crippen LogP contribution in [0.1, 0.15) is 21.9 Å². The van der Waals surface area contributed by atoms with Gasteiger partial charge >= 0.3 is 0 Å². The van der Waals surface area contributed by atoms with Gasteiger partial charge in [-0.1, -0.05) is 121 Å². The van der Waals surface area contributed by atoms with Crippen LogP contribution in [0.3, 0.4) is 0 Å². The van der Waals surface area contributed by atoms with E-state index in [2.05, 4.69) is 4.98 Å². The molecule has 6 nitrogen and oxygen atoms in total. The molecule has 0 spiro atoms. The van der Waals surface area contributed by atoms with Gasteiger partial charge in [0.2, 0.25) is 5.95 Å².